The van der Waals surface area contributed by atoms with Crippen LogP contribution in [0.1, 0.15) is 6.42 Å². The van der Waals surface area contributed by atoms with Crippen LogP contribution in [0.2, 0.25) is 0 Å². The fourth-order valence-electron chi connectivity index (χ4n) is 3.05. The Kier molecular flexibility index (Phi) is 6.00. The van der Waals surface area contributed by atoms with Gasteiger partial charge in [-0.15, -0.1) is 0 Å². The highest BCUT2D eigenvalue weighted by Gasteiger charge is 2.18. The summed E-state index contributed by atoms with van der Waals surface area (Å²) in [5.41, 5.74) is 0.777. The monoisotopic (exact) mass is 365 g/mol. The van der Waals surface area contributed by atoms with Crippen molar-refractivity contribution in [1.82, 2.24) is 5.32 Å². The molecule has 0 aromatic heterocycles. The molecule has 0 saturated carbocycles. The minimum Gasteiger partial charge on any atom is -0.383 e. The van der Waals surface area contributed by atoms with Crippen molar-refractivity contribution in [3.8, 4) is 0 Å². The van der Waals surface area contributed by atoms with E-state index in [-0.39, 0.29) is 11.8 Å². The average Bonchev–Trinajstić information content (AvgIpc) is 2.62. The summed E-state index contributed by atoms with van der Waals surface area (Å²) >= 11 is 0. The highest BCUT2D eigenvalue weighted by molar-refractivity contribution is 5.76. The number of hydrogen-bond acceptors (Lipinski definition) is 4. The summed E-state index contributed by atoms with van der Waals surface area (Å²) in [6.45, 7) is 2.84. The summed E-state index contributed by atoms with van der Waals surface area (Å²) in [4.78, 5) is 1.38. The summed E-state index contributed by atoms with van der Waals surface area (Å²) in [7, 11) is 1.55. The first-order chi connectivity index (χ1) is 12.6. The molecule has 0 amide bonds. The maximum absolute atomic E-state index is 14.1. The number of rotatable bonds is 6. The Balaban J connectivity index is 1.77. The third-order valence-electron chi connectivity index (χ3n) is 4.38. The Hall–Kier alpha value is -2.25. The van der Waals surface area contributed by atoms with Gasteiger partial charge < -0.3 is 20.3 Å². The molecule has 1 aliphatic rings. The predicted molar refractivity (Wildman–Crippen MR) is 96.5 cm³/mol. The third-order valence-corrected chi connectivity index (χ3v) is 4.38. The minimum atomic E-state index is -0.676. The molecule has 2 aromatic rings. The molecule has 1 aliphatic heterocycles. The van der Waals surface area contributed by atoms with Crippen LogP contribution in [0, 0.1) is 17.5 Å². The van der Waals surface area contributed by atoms with Gasteiger partial charge in [-0.2, -0.15) is 0 Å². The maximum Gasteiger partial charge on any atom is 0.149 e. The second-order valence-corrected chi connectivity index (χ2v) is 6.20. The number of benzene rings is 2. The number of para-hydroxylation sites is 1. The van der Waals surface area contributed by atoms with Crippen molar-refractivity contribution >= 4 is 17.1 Å². The third kappa shape index (κ3) is 4.28. The lowest BCUT2D eigenvalue weighted by Crippen LogP contribution is -2.39. The van der Waals surface area contributed by atoms with Gasteiger partial charge in [0.1, 0.15) is 23.1 Å². The second kappa shape index (κ2) is 8.42. The molecular weight excluding hydrogens is 343 g/mol. The number of nitrogens with one attached hydrogen (secondary N) is 2. The lowest BCUT2D eigenvalue weighted by molar-refractivity contribution is 0.0258. The number of halogens is 3. The van der Waals surface area contributed by atoms with Gasteiger partial charge in [-0.1, -0.05) is 6.07 Å². The summed E-state index contributed by atoms with van der Waals surface area (Å²) in [6, 6.07) is 7.79. The fraction of sp³-hybridized carbons (Fsp3) is 0.368. The highest BCUT2D eigenvalue weighted by Crippen LogP contribution is 2.34. The largest absolute Gasteiger partial charge is 0.383 e. The minimum absolute atomic E-state index is 0.0926. The molecule has 1 saturated heterocycles. The molecule has 1 heterocycles. The Bertz CT molecular complexity index is 731. The van der Waals surface area contributed by atoms with Crippen LogP contribution in [0.4, 0.5) is 30.2 Å². The summed E-state index contributed by atoms with van der Waals surface area (Å²) < 4.78 is 47.5. The van der Waals surface area contributed by atoms with E-state index in [4.69, 9.17) is 4.74 Å². The Morgan fingerprint density at radius 2 is 1.96 bits per heavy atom. The molecule has 140 valence electrons. The van der Waals surface area contributed by atoms with E-state index in [1.807, 2.05) is 0 Å². The van der Waals surface area contributed by atoms with Crippen LogP contribution in [-0.4, -0.2) is 39.4 Å². The molecule has 2 N–H and O–H groups in total. The summed E-state index contributed by atoms with van der Waals surface area (Å²) in [5.74, 6) is -1.77. The molecule has 3 rings (SSSR count). The first kappa shape index (κ1) is 18.5. The molecule has 26 heavy (non-hydrogen) atoms. The molecule has 1 unspecified atom stereocenters. The Labute approximate surface area is 151 Å². The van der Waals surface area contributed by atoms with Crippen molar-refractivity contribution in [2.45, 2.75) is 12.5 Å². The summed E-state index contributed by atoms with van der Waals surface area (Å²) in [6.07, 6.45) is 0.829. The summed E-state index contributed by atoms with van der Waals surface area (Å²) in [5, 5.41) is 6.41. The van der Waals surface area contributed by atoms with E-state index in [9.17, 15) is 13.2 Å². The van der Waals surface area contributed by atoms with Crippen molar-refractivity contribution in [2.24, 2.45) is 0 Å². The van der Waals surface area contributed by atoms with Crippen LogP contribution in [-0.2, 0) is 4.74 Å². The van der Waals surface area contributed by atoms with Crippen LogP contribution in [0.25, 0.3) is 0 Å². The molecule has 0 bridgehead atoms. The van der Waals surface area contributed by atoms with Crippen molar-refractivity contribution in [2.75, 3.05) is 43.5 Å². The number of ether oxygens (including phenoxy) is 1. The zero-order valence-electron chi connectivity index (χ0n) is 14.6. The molecule has 1 fully saturated rings. The van der Waals surface area contributed by atoms with Gasteiger partial charge in [0.2, 0.25) is 0 Å². The molecule has 1 atom stereocenters. The van der Waals surface area contributed by atoms with Gasteiger partial charge >= 0.3 is 0 Å². The van der Waals surface area contributed by atoms with Gasteiger partial charge in [-0.25, -0.2) is 13.2 Å². The average molecular weight is 365 g/mol. The van der Waals surface area contributed by atoms with E-state index in [1.54, 1.807) is 7.05 Å². The van der Waals surface area contributed by atoms with Crippen LogP contribution >= 0.6 is 0 Å². The van der Waals surface area contributed by atoms with E-state index in [0.29, 0.717) is 24.5 Å². The number of hydrogen-bond donors (Lipinski definition) is 2. The van der Waals surface area contributed by atoms with Crippen molar-refractivity contribution in [3.63, 3.8) is 0 Å². The molecule has 4 nitrogen and oxygen atoms in total. The van der Waals surface area contributed by atoms with Crippen molar-refractivity contribution in [3.05, 3.63) is 53.8 Å². The van der Waals surface area contributed by atoms with Crippen LogP contribution < -0.4 is 15.5 Å². The van der Waals surface area contributed by atoms with E-state index >= 15 is 0 Å². The van der Waals surface area contributed by atoms with E-state index in [0.717, 1.165) is 19.5 Å². The second-order valence-electron chi connectivity index (χ2n) is 6.20. The quantitative estimate of drug-likeness (QED) is 0.819. The first-order valence-electron chi connectivity index (χ1n) is 8.59. The van der Waals surface area contributed by atoms with Gasteiger partial charge in [-0.3, -0.25) is 0 Å². The van der Waals surface area contributed by atoms with E-state index in [2.05, 4.69) is 10.6 Å². The standard InChI is InChI=1S/C19H22F3N3O/c1-25(19-15(21)3-2-4-16(19)22)18-6-5-13(20)11-17(18)24-8-7-14-12-23-9-10-26-14/h2-6,11,14,23-24H,7-10,12H2,1H3. The normalized spacial score (nSPS) is 17.2. The van der Waals surface area contributed by atoms with Crippen molar-refractivity contribution in [1.29, 1.82) is 0 Å². The fourth-order valence-corrected chi connectivity index (χ4v) is 3.05. The molecule has 0 radical (unpaired) electrons. The Morgan fingerprint density at radius 1 is 1.19 bits per heavy atom. The SMILES string of the molecule is CN(c1ccc(F)cc1NCCC1CNCCO1)c1c(F)cccc1F. The number of nitrogens with zero attached hydrogens (tertiary/aromatic N) is 1. The first-order valence-corrected chi connectivity index (χ1v) is 8.59. The van der Waals surface area contributed by atoms with Gasteiger partial charge in [-0.05, 0) is 36.8 Å². The van der Waals surface area contributed by atoms with Crippen LogP contribution in [0.15, 0.2) is 36.4 Å². The molecule has 0 aliphatic carbocycles. The van der Waals surface area contributed by atoms with Gasteiger partial charge in [0, 0.05) is 26.7 Å². The van der Waals surface area contributed by atoms with Gasteiger partial charge in [0.25, 0.3) is 0 Å². The van der Waals surface area contributed by atoms with Crippen LogP contribution in [0.3, 0.4) is 0 Å². The van der Waals surface area contributed by atoms with Gasteiger partial charge in [0.15, 0.2) is 0 Å². The van der Waals surface area contributed by atoms with Gasteiger partial charge in [0.05, 0.1) is 24.1 Å². The smallest absolute Gasteiger partial charge is 0.149 e. The number of morpholine rings is 1. The molecule has 2 aromatic carbocycles. The molecule has 0 spiro atoms. The maximum atomic E-state index is 14.1. The zero-order chi connectivity index (χ0) is 18.5. The topological polar surface area (TPSA) is 36.5 Å². The highest BCUT2D eigenvalue weighted by atomic mass is 19.1. The predicted octanol–water partition coefficient (Wildman–Crippen LogP) is 3.66. The molecule has 7 heteroatoms. The molecular formula is C19H22F3N3O. The number of anilines is 3. The lowest BCUT2D eigenvalue weighted by atomic mass is 10.2. The van der Waals surface area contributed by atoms with E-state index < -0.39 is 17.5 Å². The van der Waals surface area contributed by atoms with E-state index in [1.165, 1.54) is 41.3 Å². The van der Waals surface area contributed by atoms with Crippen LogP contribution in [0.5, 0.6) is 0 Å². The zero-order valence-corrected chi connectivity index (χ0v) is 14.6. The Morgan fingerprint density at radius 3 is 2.65 bits per heavy atom. The lowest BCUT2D eigenvalue weighted by Gasteiger charge is -2.26. The van der Waals surface area contributed by atoms with Crippen molar-refractivity contribution < 1.29 is 17.9 Å².